The maximum absolute atomic E-state index is 12.2. The number of amides is 1. The van der Waals surface area contributed by atoms with Crippen molar-refractivity contribution >= 4 is 11.6 Å². The van der Waals surface area contributed by atoms with Gasteiger partial charge in [0.15, 0.2) is 0 Å². The molecular formula is C19H21N5O. The zero-order valence-electron chi connectivity index (χ0n) is 14.4. The van der Waals surface area contributed by atoms with Crippen LogP contribution in [0.1, 0.15) is 31.7 Å². The lowest BCUT2D eigenvalue weighted by Crippen LogP contribution is -2.20. The molecule has 25 heavy (non-hydrogen) atoms. The highest BCUT2D eigenvalue weighted by Gasteiger charge is 2.10. The van der Waals surface area contributed by atoms with Crippen LogP contribution >= 0.6 is 0 Å². The molecule has 6 heteroatoms. The van der Waals surface area contributed by atoms with Crippen molar-refractivity contribution in [3.05, 3.63) is 60.2 Å². The van der Waals surface area contributed by atoms with Crippen LogP contribution in [-0.4, -0.2) is 26.1 Å². The van der Waals surface area contributed by atoms with Crippen molar-refractivity contribution in [2.75, 3.05) is 5.32 Å². The lowest BCUT2D eigenvalue weighted by atomic mass is 9.99. The summed E-state index contributed by atoms with van der Waals surface area (Å²) in [6, 6.07) is 17.5. The summed E-state index contributed by atoms with van der Waals surface area (Å²) in [4.78, 5) is 13.5. The molecule has 0 fully saturated rings. The minimum Gasteiger partial charge on any atom is -0.324 e. The third-order valence-corrected chi connectivity index (χ3v) is 4.15. The predicted octanol–water partition coefficient (Wildman–Crippen LogP) is 3.49. The Balaban J connectivity index is 1.60. The lowest BCUT2D eigenvalue weighted by molar-refractivity contribution is -0.117. The number of carbonyl (C=O) groups excluding carboxylic acids is 1. The van der Waals surface area contributed by atoms with Gasteiger partial charge in [-0.25, -0.2) is 0 Å². The van der Waals surface area contributed by atoms with Crippen molar-refractivity contribution in [1.82, 2.24) is 20.2 Å². The van der Waals surface area contributed by atoms with Crippen LogP contribution in [0.25, 0.3) is 11.4 Å². The Morgan fingerprint density at radius 3 is 2.52 bits per heavy atom. The Hall–Kier alpha value is -3.02. The van der Waals surface area contributed by atoms with Crippen molar-refractivity contribution in [3.8, 4) is 11.4 Å². The summed E-state index contributed by atoms with van der Waals surface area (Å²) in [6.45, 7) is 4.37. The molecule has 1 N–H and O–H groups in total. The fraction of sp³-hybridized carbons (Fsp3) is 0.263. The van der Waals surface area contributed by atoms with Crippen LogP contribution in [-0.2, 0) is 11.3 Å². The van der Waals surface area contributed by atoms with E-state index in [0.29, 0.717) is 11.7 Å². The molecule has 128 valence electrons. The quantitative estimate of drug-likeness (QED) is 0.748. The summed E-state index contributed by atoms with van der Waals surface area (Å²) >= 11 is 0. The fourth-order valence-electron chi connectivity index (χ4n) is 2.47. The van der Waals surface area contributed by atoms with Crippen LogP contribution in [0.3, 0.4) is 0 Å². The smallest absolute Gasteiger partial charge is 0.248 e. The van der Waals surface area contributed by atoms with Crippen LogP contribution in [0.15, 0.2) is 54.6 Å². The Bertz CT molecular complexity index is 827. The molecule has 0 unspecified atom stereocenters. The summed E-state index contributed by atoms with van der Waals surface area (Å²) in [7, 11) is 0. The van der Waals surface area contributed by atoms with Crippen molar-refractivity contribution < 1.29 is 4.79 Å². The molecule has 1 amide bonds. The molecule has 0 radical (unpaired) electrons. The molecule has 0 spiro atoms. The van der Waals surface area contributed by atoms with Gasteiger partial charge in [0.05, 0.1) is 0 Å². The predicted molar refractivity (Wildman–Crippen MR) is 97.0 cm³/mol. The first kappa shape index (κ1) is 16.8. The molecule has 1 atom stereocenters. The minimum atomic E-state index is -0.187. The topological polar surface area (TPSA) is 72.7 Å². The van der Waals surface area contributed by atoms with E-state index in [1.807, 2.05) is 54.6 Å². The van der Waals surface area contributed by atoms with Gasteiger partial charge < -0.3 is 5.32 Å². The summed E-state index contributed by atoms with van der Waals surface area (Å²) in [6.07, 6.45) is 1.09. The zero-order chi connectivity index (χ0) is 17.6. The largest absolute Gasteiger partial charge is 0.324 e. The second kappa shape index (κ2) is 7.70. The van der Waals surface area contributed by atoms with E-state index >= 15 is 0 Å². The van der Waals surface area contributed by atoms with Gasteiger partial charge in [0.1, 0.15) is 6.54 Å². The van der Waals surface area contributed by atoms with E-state index in [4.69, 9.17) is 0 Å². The van der Waals surface area contributed by atoms with Crippen LogP contribution in [0.2, 0.25) is 0 Å². The van der Waals surface area contributed by atoms with Gasteiger partial charge in [-0.3, -0.25) is 4.79 Å². The summed E-state index contributed by atoms with van der Waals surface area (Å²) in [5.41, 5.74) is 2.90. The Morgan fingerprint density at radius 1 is 1.12 bits per heavy atom. The van der Waals surface area contributed by atoms with E-state index in [-0.39, 0.29) is 12.5 Å². The molecule has 6 nitrogen and oxygen atoms in total. The molecule has 2 aromatic carbocycles. The minimum absolute atomic E-state index is 0.0208. The number of hydrogen-bond donors (Lipinski definition) is 1. The van der Waals surface area contributed by atoms with Crippen molar-refractivity contribution in [2.24, 2.45) is 0 Å². The number of hydrogen-bond acceptors (Lipinski definition) is 4. The maximum Gasteiger partial charge on any atom is 0.248 e. The van der Waals surface area contributed by atoms with Gasteiger partial charge in [-0.2, -0.15) is 4.80 Å². The van der Waals surface area contributed by atoms with Crippen molar-refractivity contribution in [2.45, 2.75) is 32.7 Å². The van der Waals surface area contributed by atoms with E-state index < -0.39 is 0 Å². The Labute approximate surface area is 146 Å². The van der Waals surface area contributed by atoms with Gasteiger partial charge in [0, 0.05) is 11.3 Å². The number of nitrogens with one attached hydrogen (secondary N) is 1. The van der Waals surface area contributed by atoms with E-state index in [9.17, 15) is 4.79 Å². The first-order valence-electron chi connectivity index (χ1n) is 8.38. The van der Waals surface area contributed by atoms with E-state index in [2.05, 4.69) is 34.6 Å². The first-order valence-corrected chi connectivity index (χ1v) is 8.38. The van der Waals surface area contributed by atoms with Crippen LogP contribution in [0, 0.1) is 0 Å². The molecule has 0 saturated carbocycles. The van der Waals surface area contributed by atoms with Gasteiger partial charge in [-0.15, -0.1) is 10.2 Å². The molecule has 0 aliphatic heterocycles. The lowest BCUT2D eigenvalue weighted by Gasteiger charge is -2.10. The molecule has 0 aliphatic rings. The number of nitrogens with zero attached hydrogens (tertiary/aromatic N) is 4. The Morgan fingerprint density at radius 2 is 1.84 bits per heavy atom. The van der Waals surface area contributed by atoms with Crippen molar-refractivity contribution in [3.63, 3.8) is 0 Å². The second-order valence-corrected chi connectivity index (χ2v) is 5.99. The first-order chi connectivity index (χ1) is 12.2. The number of aromatic nitrogens is 4. The molecule has 3 aromatic rings. The molecule has 0 saturated heterocycles. The monoisotopic (exact) mass is 335 g/mol. The van der Waals surface area contributed by atoms with Crippen LogP contribution < -0.4 is 5.32 Å². The highest BCUT2D eigenvalue weighted by Crippen LogP contribution is 2.20. The molecular weight excluding hydrogens is 314 g/mol. The summed E-state index contributed by atoms with van der Waals surface area (Å²) in [5.74, 6) is 0.833. The molecule has 1 aromatic heterocycles. The van der Waals surface area contributed by atoms with Gasteiger partial charge in [0.2, 0.25) is 11.7 Å². The number of anilines is 1. The maximum atomic E-state index is 12.2. The average Bonchev–Trinajstić information content (AvgIpc) is 3.10. The fourth-order valence-corrected chi connectivity index (χ4v) is 2.47. The third-order valence-electron chi connectivity index (χ3n) is 4.15. The van der Waals surface area contributed by atoms with Crippen LogP contribution in [0.5, 0.6) is 0 Å². The van der Waals surface area contributed by atoms with Crippen LogP contribution in [0.4, 0.5) is 5.69 Å². The summed E-state index contributed by atoms with van der Waals surface area (Å²) < 4.78 is 0. The number of rotatable bonds is 6. The average molecular weight is 335 g/mol. The van der Waals surface area contributed by atoms with Gasteiger partial charge >= 0.3 is 0 Å². The van der Waals surface area contributed by atoms with Crippen molar-refractivity contribution in [1.29, 1.82) is 0 Å². The van der Waals surface area contributed by atoms with Gasteiger partial charge in [0.25, 0.3) is 0 Å². The molecule has 0 bridgehead atoms. The normalized spacial score (nSPS) is 11.9. The SMILES string of the molecule is CC[C@H](C)c1ccc(NC(=O)Cn2nnc(-c3ccccc3)n2)cc1. The molecule has 3 rings (SSSR count). The van der Waals surface area contributed by atoms with E-state index in [0.717, 1.165) is 17.7 Å². The second-order valence-electron chi connectivity index (χ2n) is 5.99. The van der Waals surface area contributed by atoms with Gasteiger partial charge in [-0.1, -0.05) is 56.3 Å². The number of benzene rings is 2. The standard InChI is InChI=1S/C19H21N5O/c1-3-14(2)15-9-11-17(12-10-15)20-18(25)13-24-22-19(21-23-24)16-7-5-4-6-8-16/h4-12,14H,3,13H2,1-2H3,(H,20,25)/t14-/m0/s1. The summed E-state index contributed by atoms with van der Waals surface area (Å²) in [5, 5.41) is 15.0. The molecule has 0 aliphatic carbocycles. The zero-order valence-corrected chi connectivity index (χ0v) is 14.4. The highest BCUT2D eigenvalue weighted by atomic mass is 16.2. The van der Waals surface area contributed by atoms with E-state index in [1.54, 1.807) is 0 Å². The number of carbonyl (C=O) groups is 1. The Kier molecular flexibility index (Phi) is 5.18. The number of tetrazole rings is 1. The highest BCUT2D eigenvalue weighted by molar-refractivity contribution is 5.90. The third kappa shape index (κ3) is 4.29. The van der Waals surface area contributed by atoms with Gasteiger partial charge in [-0.05, 0) is 35.2 Å². The van der Waals surface area contributed by atoms with E-state index in [1.165, 1.54) is 10.4 Å². The molecule has 1 heterocycles.